The number of aliphatic imine (C=N–C) groups is 1. The van der Waals surface area contributed by atoms with Gasteiger partial charge in [-0.1, -0.05) is 49.1 Å². The predicted molar refractivity (Wildman–Crippen MR) is 88.2 cm³/mol. The maximum absolute atomic E-state index is 9.88. The molecular weight excluding hydrogens is 276 g/mol. The number of hydrogen-bond donors (Lipinski definition) is 2. The van der Waals surface area contributed by atoms with Crippen molar-refractivity contribution >= 4 is 5.84 Å². The Morgan fingerprint density at radius 3 is 2.45 bits per heavy atom. The number of rotatable bonds is 3. The van der Waals surface area contributed by atoms with Crippen LogP contribution in [0, 0.1) is 6.92 Å². The molecule has 22 heavy (non-hydrogen) atoms. The smallest absolute Gasteiger partial charge is 0.253 e. The van der Waals surface area contributed by atoms with Crippen LogP contribution in [0.1, 0.15) is 43.2 Å². The zero-order valence-corrected chi connectivity index (χ0v) is 13.1. The van der Waals surface area contributed by atoms with Crippen molar-refractivity contribution in [2.24, 2.45) is 4.99 Å². The van der Waals surface area contributed by atoms with E-state index in [9.17, 15) is 10.2 Å². The van der Waals surface area contributed by atoms with Crippen LogP contribution in [-0.4, -0.2) is 33.5 Å². The summed E-state index contributed by atoms with van der Waals surface area (Å²) < 4.78 is 0. The first-order valence-corrected chi connectivity index (χ1v) is 8.14. The molecule has 0 atom stereocenters. The molecule has 4 heteroatoms. The number of aliphatic hydroxyl groups excluding tert-OH is 2. The van der Waals surface area contributed by atoms with Gasteiger partial charge >= 0.3 is 0 Å². The summed E-state index contributed by atoms with van der Waals surface area (Å²) >= 11 is 0. The second-order valence-corrected chi connectivity index (χ2v) is 6.38. The van der Waals surface area contributed by atoms with Crippen LogP contribution in [0.25, 0.3) is 0 Å². The van der Waals surface area contributed by atoms with Gasteiger partial charge in [0.2, 0.25) is 0 Å². The predicted octanol–water partition coefficient (Wildman–Crippen LogP) is 3.87. The fourth-order valence-electron chi connectivity index (χ4n) is 3.34. The minimum absolute atomic E-state index is 0.0155. The minimum atomic E-state index is -0.228. The highest BCUT2D eigenvalue weighted by molar-refractivity contribution is 5.86. The third-order valence-electron chi connectivity index (χ3n) is 4.64. The largest absolute Gasteiger partial charge is 0.506 e. The van der Waals surface area contributed by atoms with E-state index >= 15 is 0 Å². The van der Waals surface area contributed by atoms with Gasteiger partial charge in [-0.25, -0.2) is 0 Å². The fraction of sp³-hybridized carbons (Fsp3) is 0.500. The molecule has 0 unspecified atom stereocenters. The quantitative estimate of drug-likeness (QED) is 0.891. The van der Waals surface area contributed by atoms with Gasteiger partial charge < -0.3 is 15.1 Å². The van der Waals surface area contributed by atoms with Crippen LogP contribution in [0.3, 0.4) is 0 Å². The van der Waals surface area contributed by atoms with Crippen molar-refractivity contribution in [2.45, 2.75) is 51.5 Å². The van der Waals surface area contributed by atoms with Crippen molar-refractivity contribution in [3.8, 4) is 0 Å². The van der Waals surface area contributed by atoms with E-state index in [2.05, 4.69) is 41.1 Å². The first kappa shape index (κ1) is 14.9. The van der Waals surface area contributed by atoms with Gasteiger partial charge in [-0.3, -0.25) is 0 Å². The summed E-state index contributed by atoms with van der Waals surface area (Å²) in [6, 6.07) is 8.82. The van der Waals surface area contributed by atoms with E-state index in [1.54, 1.807) is 0 Å². The maximum Gasteiger partial charge on any atom is 0.253 e. The molecule has 0 radical (unpaired) electrons. The minimum Gasteiger partial charge on any atom is -0.506 e. The standard InChI is InChI=1S/C18H24N2O2/c1-13-7-9-14(10-8-13)11-17-19-18(22)16(21)12-20(17)15-5-3-2-4-6-15/h7-10,15,21-22H,2-6,11-12H2,1H3. The molecule has 1 aliphatic heterocycles. The number of amidine groups is 1. The Balaban J connectivity index is 1.82. The molecule has 0 spiro atoms. The lowest BCUT2D eigenvalue weighted by atomic mass is 9.93. The van der Waals surface area contributed by atoms with Gasteiger partial charge in [-0.2, -0.15) is 4.99 Å². The number of aliphatic hydroxyl groups is 2. The van der Waals surface area contributed by atoms with E-state index in [4.69, 9.17) is 0 Å². The molecule has 1 heterocycles. The zero-order chi connectivity index (χ0) is 15.5. The van der Waals surface area contributed by atoms with Crippen LogP contribution in [0.4, 0.5) is 0 Å². The van der Waals surface area contributed by atoms with E-state index in [-0.39, 0.29) is 11.6 Å². The van der Waals surface area contributed by atoms with Crippen molar-refractivity contribution in [3.05, 3.63) is 47.0 Å². The Morgan fingerprint density at radius 1 is 1.09 bits per heavy atom. The van der Waals surface area contributed by atoms with Crippen LogP contribution in [0.5, 0.6) is 0 Å². The Morgan fingerprint density at radius 2 is 1.77 bits per heavy atom. The monoisotopic (exact) mass is 300 g/mol. The lowest BCUT2D eigenvalue weighted by molar-refractivity contribution is 0.203. The fourth-order valence-corrected chi connectivity index (χ4v) is 3.34. The molecule has 1 aromatic carbocycles. The molecule has 0 amide bonds. The lowest BCUT2D eigenvalue weighted by Gasteiger charge is -2.38. The van der Waals surface area contributed by atoms with Crippen molar-refractivity contribution < 1.29 is 10.2 Å². The Kier molecular flexibility index (Phi) is 4.36. The SMILES string of the molecule is Cc1ccc(CC2=NC(O)=C(O)CN2C2CCCCC2)cc1. The molecule has 2 N–H and O–H groups in total. The third kappa shape index (κ3) is 3.26. The van der Waals surface area contributed by atoms with Gasteiger partial charge in [0.1, 0.15) is 5.84 Å². The number of hydrogen-bond acceptors (Lipinski definition) is 4. The van der Waals surface area contributed by atoms with Gasteiger partial charge in [-0.15, -0.1) is 0 Å². The number of nitrogens with zero attached hydrogens (tertiary/aromatic N) is 2. The molecule has 0 saturated heterocycles. The molecule has 1 aliphatic carbocycles. The summed E-state index contributed by atoms with van der Waals surface area (Å²) in [5.74, 6) is 0.624. The summed E-state index contributed by atoms with van der Waals surface area (Å²) in [6.45, 7) is 2.45. The number of benzene rings is 1. The summed E-state index contributed by atoms with van der Waals surface area (Å²) in [5.41, 5.74) is 2.42. The highest BCUT2D eigenvalue weighted by Gasteiger charge is 2.29. The maximum atomic E-state index is 9.88. The van der Waals surface area contributed by atoms with Crippen molar-refractivity contribution in [3.63, 3.8) is 0 Å². The van der Waals surface area contributed by atoms with Gasteiger partial charge in [0.15, 0.2) is 5.76 Å². The lowest BCUT2D eigenvalue weighted by Crippen LogP contribution is -2.45. The van der Waals surface area contributed by atoms with E-state index in [1.165, 1.54) is 30.4 Å². The van der Waals surface area contributed by atoms with Crippen molar-refractivity contribution in [2.75, 3.05) is 6.54 Å². The average molecular weight is 300 g/mol. The Bertz CT molecular complexity index is 584. The highest BCUT2D eigenvalue weighted by atomic mass is 16.3. The summed E-state index contributed by atoms with van der Waals surface area (Å²) in [6.07, 6.45) is 6.72. The van der Waals surface area contributed by atoms with Crippen LogP contribution >= 0.6 is 0 Å². The van der Waals surface area contributed by atoms with E-state index in [1.807, 2.05) is 0 Å². The molecule has 1 aromatic rings. The summed E-state index contributed by atoms with van der Waals surface area (Å²) in [4.78, 5) is 6.45. The van der Waals surface area contributed by atoms with Crippen LogP contribution in [0.15, 0.2) is 40.9 Å². The van der Waals surface area contributed by atoms with Crippen molar-refractivity contribution in [1.29, 1.82) is 0 Å². The molecule has 1 saturated carbocycles. The number of aryl methyl sites for hydroxylation is 1. The van der Waals surface area contributed by atoms with E-state index in [0.717, 1.165) is 18.7 Å². The average Bonchev–Trinajstić information content (AvgIpc) is 2.54. The summed E-state index contributed by atoms with van der Waals surface area (Å²) in [7, 11) is 0. The zero-order valence-electron chi connectivity index (χ0n) is 13.1. The molecule has 4 nitrogen and oxygen atoms in total. The molecule has 0 aromatic heterocycles. The second kappa shape index (κ2) is 6.42. The van der Waals surface area contributed by atoms with Gasteiger partial charge in [0, 0.05) is 12.5 Å². The Hall–Kier alpha value is -1.97. The molecule has 1 fully saturated rings. The first-order valence-electron chi connectivity index (χ1n) is 8.14. The summed E-state index contributed by atoms with van der Waals surface area (Å²) in [5, 5.41) is 19.7. The first-order chi connectivity index (χ1) is 10.6. The van der Waals surface area contributed by atoms with Gasteiger partial charge in [-0.05, 0) is 25.3 Å². The highest BCUT2D eigenvalue weighted by Crippen LogP contribution is 2.26. The van der Waals surface area contributed by atoms with Gasteiger partial charge in [0.05, 0.1) is 6.54 Å². The molecule has 2 aliphatic rings. The molecule has 0 bridgehead atoms. The van der Waals surface area contributed by atoms with Crippen LogP contribution in [0.2, 0.25) is 0 Å². The molecule has 3 rings (SSSR count). The van der Waals surface area contributed by atoms with Crippen molar-refractivity contribution in [1.82, 2.24) is 4.90 Å². The molecular formula is C18H24N2O2. The second-order valence-electron chi connectivity index (χ2n) is 6.38. The van der Waals surface area contributed by atoms with E-state index in [0.29, 0.717) is 19.0 Å². The van der Waals surface area contributed by atoms with Gasteiger partial charge in [0.25, 0.3) is 5.88 Å². The van der Waals surface area contributed by atoms with Crippen LogP contribution < -0.4 is 0 Å². The van der Waals surface area contributed by atoms with E-state index < -0.39 is 0 Å². The Labute approximate surface area is 131 Å². The van der Waals surface area contributed by atoms with Crippen LogP contribution in [-0.2, 0) is 6.42 Å². The molecule has 118 valence electrons. The topological polar surface area (TPSA) is 56.1 Å². The third-order valence-corrected chi connectivity index (χ3v) is 4.64. The normalized spacial score (nSPS) is 20.2.